The van der Waals surface area contributed by atoms with Gasteiger partial charge in [0.1, 0.15) is 29.5 Å². The highest BCUT2D eigenvalue weighted by atomic mass is 32.2. The van der Waals surface area contributed by atoms with Gasteiger partial charge in [-0.05, 0) is 90.0 Å². The molecule has 0 spiro atoms. The Morgan fingerprint density at radius 2 is 1.69 bits per heavy atom. The number of rotatable bonds is 9. The van der Waals surface area contributed by atoms with E-state index in [4.69, 9.17) is 14.2 Å². The number of carbonyl (C=O) groups is 4. The molecule has 0 bridgehead atoms. The molecule has 14 nitrogen and oxygen atoms in total. The number of aromatic nitrogens is 1. The van der Waals surface area contributed by atoms with Crippen LogP contribution < -0.4 is 24.8 Å². The van der Waals surface area contributed by atoms with Gasteiger partial charge in [-0.3, -0.25) is 19.1 Å². The fraction of sp³-hybridized carbons (Fsp3) is 0.634. The Morgan fingerprint density at radius 3 is 2.36 bits per heavy atom. The van der Waals surface area contributed by atoms with Crippen LogP contribution in [-0.2, 0) is 29.1 Å². The van der Waals surface area contributed by atoms with Gasteiger partial charge in [-0.2, -0.15) is 13.2 Å². The first-order chi connectivity index (χ1) is 27.6. The topological polar surface area (TPSA) is 182 Å². The first-order valence-corrected chi connectivity index (χ1v) is 21.7. The number of allylic oxidation sites excluding steroid dienone is 1. The molecule has 59 heavy (non-hydrogen) atoms. The molecule has 3 N–H and O–H groups in total. The molecule has 322 valence electrons. The van der Waals surface area contributed by atoms with Crippen LogP contribution >= 0.6 is 0 Å². The number of hydrogen-bond donors (Lipinski definition) is 3. The van der Waals surface area contributed by atoms with Gasteiger partial charge in [0.2, 0.25) is 33.3 Å². The van der Waals surface area contributed by atoms with Crippen LogP contribution in [0.1, 0.15) is 92.4 Å². The molecule has 2 aromatic rings. The normalized spacial score (nSPS) is 30.4. The number of ether oxygens (including phenoxy) is 3. The quantitative estimate of drug-likeness (QED) is 0.275. The van der Waals surface area contributed by atoms with Crippen LogP contribution in [0.4, 0.5) is 18.0 Å². The lowest BCUT2D eigenvalue weighted by molar-refractivity contribution is -0.244. The lowest BCUT2D eigenvalue weighted by Gasteiger charge is -2.34. The molecule has 1 aromatic carbocycles. The average Bonchev–Trinajstić information content (AvgIpc) is 4.11. The molecule has 7 atom stereocenters. The van der Waals surface area contributed by atoms with Gasteiger partial charge < -0.3 is 29.7 Å². The Kier molecular flexibility index (Phi) is 11.1. The fourth-order valence-corrected chi connectivity index (χ4v) is 9.21. The summed E-state index contributed by atoms with van der Waals surface area (Å²) in [5.41, 5.74) is -4.52. The lowest BCUT2D eigenvalue weighted by Crippen LogP contribution is -2.59. The number of halogens is 3. The van der Waals surface area contributed by atoms with Crippen LogP contribution in [0.5, 0.6) is 11.6 Å². The maximum absolute atomic E-state index is 14.8. The van der Waals surface area contributed by atoms with E-state index < -0.39 is 85.9 Å². The number of pyridine rings is 1. The highest BCUT2D eigenvalue weighted by Crippen LogP contribution is 2.48. The van der Waals surface area contributed by atoms with E-state index in [-0.39, 0.29) is 37.3 Å². The van der Waals surface area contributed by atoms with E-state index in [1.54, 1.807) is 38.3 Å². The van der Waals surface area contributed by atoms with E-state index in [9.17, 15) is 40.8 Å². The molecule has 18 heteroatoms. The number of hydrogen-bond acceptors (Lipinski definition) is 10. The van der Waals surface area contributed by atoms with Crippen molar-refractivity contribution in [3.05, 3.63) is 42.6 Å². The van der Waals surface area contributed by atoms with Crippen LogP contribution in [0.3, 0.4) is 0 Å². The van der Waals surface area contributed by atoms with E-state index in [0.717, 1.165) is 18.2 Å². The summed E-state index contributed by atoms with van der Waals surface area (Å²) in [6.45, 7) is 6.37. The summed E-state index contributed by atoms with van der Waals surface area (Å²) in [7, 11) is -4.08. The maximum atomic E-state index is 14.8. The molecule has 4 amide bonds. The monoisotopic (exact) mass is 847 g/mol. The highest BCUT2D eigenvalue weighted by Gasteiger charge is 2.63. The van der Waals surface area contributed by atoms with Crippen molar-refractivity contribution in [1.82, 2.24) is 25.2 Å². The Morgan fingerprint density at radius 1 is 1.00 bits per heavy atom. The lowest BCUT2D eigenvalue weighted by atomic mass is 9.88. The van der Waals surface area contributed by atoms with E-state index in [0.29, 0.717) is 57.1 Å². The summed E-state index contributed by atoms with van der Waals surface area (Å²) < 4.78 is 86.1. The van der Waals surface area contributed by atoms with Crippen LogP contribution in [0.25, 0.3) is 10.8 Å². The van der Waals surface area contributed by atoms with Crippen molar-refractivity contribution in [3.63, 3.8) is 0 Å². The fourth-order valence-electron chi connectivity index (χ4n) is 7.89. The largest absolute Gasteiger partial charge is 0.488 e. The Bertz CT molecular complexity index is 2140. The molecule has 1 aromatic heterocycles. The first kappa shape index (κ1) is 42.5. The second-order valence-electron chi connectivity index (χ2n) is 17.8. The minimum atomic E-state index is -4.91. The number of fused-ring (bicyclic) bond motifs is 3. The van der Waals surface area contributed by atoms with Gasteiger partial charge >= 0.3 is 12.3 Å². The molecule has 3 heterocycles. The van der Waals surface area contributed by atoms with Gasteiger partial charge in [0.15, 0.2) is 0 Å². The molecule has 3 saturated carbocycles. The van der Waals surface area contributed by atoms with E-state index in [1.807, 2.05) is 25.1 Å². The number of nitrogens with one attached hydrogen (secondary N) is 3. The average molecular weight is 848 g/mol. The van der Waals surface area contributed by atoms with Crippen molar-refractivity contribution in [2.24, 2.45) is 17.8 Å². The number of alkyl carbamates (subject to hydrolysis) is 1. The van der Waals surface area contributed by atoms with Crippen molar-refractivity contribution >= 4 is 44.6 Å². The molecule has 0 unspecified atom stereocenters. The molecule has 2 aliphatic heterocycles. The number of sulfonamides is 1. The Hall–Kier alpha value is -4.61. The third-order valence-electron chi connectivity index (χ3n) is 12.4. The molecule has 0 radical (unpaired) electrons. The van der Waals surface area contributed by atoms with Crippen molar-refractivity contribution in [3.8, 4) is 11.6 Å². The molecular formula is C41H52F3N5O9S. The number of benzene rings is 1. The molecular weight excluding hydrogens is 796 g/mol. The summed E-state index contributed by atoms with van der Waals surface area (Å²) in [5, 5.41) is 6.57. The number of alkyl halides is 3. The molecule has 5 aliphatic rings. The van der Waals surface area contributed by atoms with Gasteiger partial charge in [0.05, 0.1) is 23.6 Å². The number of nitrogens with zero attached hydrogens (tertiary/aromatic N) is 2. The second kappa shape index (κ2) is 15.4. The second-order valence-corrected chi connectivity index (χ2v) is 20.0. The maximum Gasteiger partial charge on any atom is 0.427 e. The smallest absolute Gasteiger partial charge is 0.427 e. The summed E-state index contributed by atoms with van der Waals surface area (Å²) in [6, 6.07) is 4.57. The zero-order valence-electron chi connectivity index (χ0n) is 33.8. The van der Waals surface area contributed by atoms with E-state index >= 15 is 0 Å². The van der Waals surface area contributed by atoms with Crippen molar-refractivity contribution in [2.75, 3.05) is 6.54 Å². The van der Waals surface area contributed by atoms with E-state index in [2.05, 4.69) is 20.3 Å². The van der Waals surface area contributed by atoms with Crippen LogP contribution in [0.15, 0.2) is 42.6 Å². The Balaban J connectivity index is 1.22. The minimum Gasteiger partial charge on any atom is -0.488 e. The molecule has 4 fully saturated rings. The first-order valence-electron chi connectivity index (χ1n) is 20.3. The van der Waals surface area contributed by atoms with Crippen LogP contribution in [-0.4, -0.2) is 95.0 Å². The van der Waals surface area contributed by atoms with Crippen LogP contribution in [0.2, 0.25) is 0 Å². The van der Waals surface area contributed by atoms with Crippen molar-refractivity contribution in [2.45, 2.75) is 139 Å². The predicted octanol–water partition coefficient (Wildman–Crippen LogP) is 5.45. The zero-order valence-corrected chi connectivity index (χ0v) is 34.6. The summed E-state index contributed by atoms with van der Waals surface area (Å²) >= 11 is 0. The number of amides is 4. The van der Waals surface area contributed by atoms with Gasteiger partial charge in [0, 0.05) is 23.1 Å². The SMILES string of the molecule is C[C@@H]1CC/C=C/[C@@H]2C[C@@]2(C(=O)NS(=O)(=O)C2(C)CC2)NC(=O)[C@@H]2C[C@@H](Oc3ncc(OC4CC4)c4ccccc34)CN2C(=O)[C@@H](NC(=O)OC(C)(C)C(F)(F)F)[C@H](C)C1. The summed E-state index contributed by atoms with van der Waals surface area (Å²) in [6.07, 6.45) is 2.24. The Labute approximate surface area is 341 Å². The number of carbonyl (C=O) groups excluding carboxylic acids is 4. The zero-order chi connectivity index (χ0) is 42.7. The van der Waals surface area contributed by atoms with Gasteiger partial charge in [0.25, 0.3) is 5.91 Å². The van der Waals surface area contributed by atoms with Gasteiger partial charge in [-0.1, -0.05) is 44.2 Å². The van der Waals surface area contributed by atoms with Crippen molar-refractivity contribution < 1.29 is 55.0 Å². The highest BCUT2D eigenvalue weighted by molar-refractivity contribution is 7.91. The third kappa shape index (κ3) is 8.83. The standard InChI is InChI=1S/C41H52F3N5O9S/c1-23-10-6-7-11-25-20-40(25,36(52)48-59(54,55)39(5)16-17-39)47-33(50)30-19-27(57-34-29-13-9-8-12-28(29)31(21-45-34)56-26-14-15-26)22-49(30)35(51)32(24(2)18-23)46-37(53)58-38(3,4)41(42,43)44/h7-9,11-13,21,23-27,30,32H,6,10,14-20,22H2,1-5H3,(H,46,53)(H,47,50)(H,48,52)/b11-7+/t23-,24-,25-,27-,30+,32+,40-/m1/s1. The van der Waals surface area contributed by atoms with Gasteiger partial charge in [-0.15, -0.1) is 0 Å². The van der Waals surface area contributed by atoms with Crippen molar-refractivity contribution in [1.29, 1.82) is 0 Å². The molecule has 3 aliphatic carbocycles. The minimum absolute atomic E-state index is 0.0346. The predicted molar refractivity (Wildman–Crippen MR) is 208 cm³/mol. The third-order valence-corrected chi connectivity index (χ3v) is 14.5. The van der Waals surface area contributed by atoms with Gasteiger partial charge in [-0.25, -0.2) is 18.2 Å². The van der Waals surface area contributed by atoms with E-state index in [1.165, 1.54) is 4.90 Å². The molecule has 1 saturated heterocycles. The summed E-state index contributed by atoms with van der Waals surface area (Å²) in [5.74, 6) is -2.86. The summed E-state index contributed by atoms with van der Waals surface area (Å²) in [4.78, 5) is 62.2. The van der Waals surface area contributed by atoms with Crippen LogP contribution in [0, 0.1) is 17.8 Å². The molecule has 7 rings (SSSR count).